The van der Waals surface area contributed by atoms with Crippen molar-refractivity contribution in [2.75, 3.05) is 11.9 Å². The molecule has 3 rings (SSSR count). The third kappa shape index (κ3) is 5.60. The van der Waals surface area contributed by atoms with Crippen LogP contribution in [0.3, 0.4) is 0 Å². The van der Waals surface area contributed by atoms with Crippen molar-refractivity contribution in [3.05, 3.63) is 93.0 Å². The molecule has 1 amide bonds. The quantitative estimate of drug-likeness (QED) is 0.387. The van der Waals surface area contributed by atoms with Gasteiger partial charge in [-0.2, -0.15) is 0 Å². The Hall–Kier alpha value is -3.87. The van der Waals surface area contributed by atoms with Crippen LogP contribution in [0.2, 0.25) is 0 Å². The minimum Gasteiger partial charge on any atom is -0.493 e. The van der Waals surface area contributed by atoms with Gasteiger partial charge in [0, 0.05) is 23.3 Å². The number of nitrogens with one attached hydrogen (secondary N) is 1. The molecule has 0 saturated carbocycles. The van der Waals surface area contributed by atoms with E-state index in [-0.39, 0.29) is 18.2 Å². The van der Waals surface area contributed by atoms with Crippen molar-refractivity contribution in [2.45, 2.75) is 27.4 Å². The fourth-order valence-corrected chi connectivity index (χ4v) is 3.05. The van der Waals surface area contributed by atoms with Gasteiger partial charge in [0.15, 0.2) is 0 Å². The fraction of sp³-hybridized carbons (Fsp3) is 0.208. The summed E-state index contributed by atoms with van der Waals surface area (Å²) in [4.78, 5) is 23.4. The van der Waals surface area contributed by atoms with Crippen molar-refractivity contribution < 1.29 is 19.2 Å². The average Bonchev–Trinajstić information content (AvgIpc) is 2.74. The molecule has 0 bridgehead atoms. The van der Waals surface area contributed by atoms with Crippen molar-refractivity contribution >= 4 is 17.3 Å². The molecule has 0 aliphatic heterocycles. The molecular weight excluding hydrogens is 396 g/mol. The van der Waals surface area contributed by atoms with Crippen molar-refractivity contribution in [3.8, 4) is 11.5 Å². The summed E-state index contributed by atoms with van der Waals surface area (Å²) in [7, 11) is 0. The van der Waals surface area contributed by atoms with E-state index in [1.54, 1.807) is 31.2 Å². The highest BCUT2D eigenvalue weighted by atomic mass is 16.6. The van der Waals surface area contributed by atoms with Crippen molar-refractivity contribution in [1.29, 1.82) is 0 Å². The summed E-state index contributed by atoms with van der Waals surface area (Å²) in [5, 5.41) is 13.8. The predicted octanol–water partition coefficient (Wildman–Crippen LogP) is 5.44. The average molecular weight is 420 g/mol. The second kappa shape index (κ2) is 9.75. The van der Waals surface area contributed by atoms with Crippen LogP contribution >= 0.6 is 0 Å². The molecule has 3 aromatic carbocycles. The SMILES string of the molecule is CCOc1ccc(C(=O)Nc2cc([N+](=O)[O-])ccc2C)cc1COc1cccc(C)c1. The van der Waals surface area contributed by atoms with E-state index in [1.165, 1.54) is 12.1 Å². The van der Waals surface area contributed by atoms with E-state index in [0.29, 0.717) is 23.6 Å². The highest BCUT2D eigenvalue weighted by Gasteiger charge is 2.15. The van der Waals surface area contributed by atoms with E-state index in [1.807, 2.05) is 38.1 Å². The van der Waals surface area contributed by atoms with Crippen LogP contribution in [0.15, 0.2) is 60.7 Å². The first-order valence-corrected chi connectivity index (χ1v) is 9.89. The zero-order chi connectivity index (χ0) is 22.4. The molecule has 3 aromatic rings. The van der Waals surface area contributed by atoms with Gasteiger partial charge in [0.25, 0.3) is 11.6 Å². The van der Waals surface area contributed by atoms with E-state index < -0.39 is 4.92 Å². The first kappa shape index (κ1) is 21.8. The Bertz CT molecular complexity index is 1110. The van der Waals surface area contributed by atoms with Gasteiger partial charge in [-0.25, -0.2) is 0 Å². The van der Waals surface area contributed by atoms with Crippen LogP contribution in [0.5, 0.6) is 11.5 Å². The molecule has 31 heavy (non-hydrogen) atoms. The summed E-state index contributed by atoms with van der Waals surface area (Å²) in [5.74, 6) is 0.992. The number of aryl methyl sites for hydroxylation is 2. The maximum absolute atomic E-state index is 12.8. The molecule has 0 saturated heterocycles. The third-order valence-corrected chi connectivity index (χ3v) is 4.69. The van der Waals surface area contributed by atoms with Crippen LogP contribution < -0.4 is 14.8 Å². The Kier molecular flexibility index (Phi) is 6.87. The van der Waals surface area contributed by atoms with Crippen LogP contribution in [0.1, 0.15) is 34.0 Å². The number of benzene rings is 3. The van der Waals surface area contributed by atoms with Crippen LogP contribution in [-0.4, -0.2) is 17.4 Å². The van der Waals surface area contributed by atoms with Gasteiger partial charge < -0.3 is 14.8 Å². The van der Waals surface area contributed by atoms with Gasteiger partial charge in [-0.05, 0) is 62.2 Å². The fourth-order valence-electron chi connectivity index (χ4n) is 3.05. The summed E-state index contributed by atoms with van der Waals surface area (Å²) in [5.41, 5.74) is 3.25. The van der Waals surface area contributed by atoms with Gasteiger partial charge in [0.1, 0.15) is 18.1 Å². The number of nitrogens with zero attached hydrogens (tertiary/aromatic N) is 1. The minimum absolute atomic E-state index is 0.0835. The molecule has 0 fully saturated rings. The number of ether oxygens (including phenoxy) is 2. The Labute approximate surface area is 180 Å². The lowest BCUT2D eigenvalue weighted by Gasteiger charge is -2.14. The van der Waals surface area contributed by atoms with E-state index in [2.05, 4.69) is 5.32 Å². The van der Waals surface area contributed by atoms with Crippen molar-refractivity contribution in [2.24, 2.45) is 0 Å². The molecule has 0 spiro atoms. The second-order valence-corrected chi connectivity index (χ2v) is 7.07. The number of nitro benzene ring substituents is 1. The molecule has 0 aliphatic carbocycles. The van der Waals surface area contributed by atoms with E-state index in [4.69, 9.17) is 9.47 Å². The number of carbonyl (C=O) groups excluding carboxylic acids is 1. The molecule has 0 aromatic heterocycles. The number of amides is 1. The highest BCUT2D eigenvalue weighted by Crippen LogP contribution is 2.25. The third-order valence-electron chi connectivity index (χ3n) is 4.69. The Morgan fingerprint density at radius 2 is 1.84 bits per heavy atom. The molecule has 0 unspecified atom stereocenters. The van der Waals surface area contributed by atoms with Crippen LogP contribution in [0.4, 0.5) is 11.4 Å². The summed E-state index contributed by atoms with van der Waals surface area (Å²) in [6.07, 6.45) is 0. The molecular formula is C24H24N2O5. The number of non-ortho nitro benzene ring substituents is 1. The van der Waals surface area contributed by atoms with Gasteiger partial charge in [0.05, 0.1) is 17.2 Å². The lowest BCUT2D eigenvalue weighted by molar-refractivity contribution is -0.384. The Morgan fingerprint density at radius 1 is 1.03 bits per heavy atom. The molecule has 0 aliphatic rings. The van der Waals surface area contributed by atoms with Gasteiger partial charge in [-0.3, -0.25) is 14.9 Å². The molecule has 0 atom stereocenters. The lowest BCUT2D eigenvalue weighted by Crippen LogP contribution is -2.14. The summed E-state index contributed by atoms with van der Waals surface area (Å²) in [6.45, 7) is 6.36. The molecule has 0 heterocycles. The zero-order valence-electron chi connectivity index (χ0n) is 17.7. The largest absolute Gasteiger partial charge is 0.493 e. The summed E-state index contributed by atoms with van der Waals surface area (Å²) >= 11 is 0. The monoisotopic (exact) mass is 420 g/mol. The molecule has 0 radical (unpaired) electrons. The topological polar surface area (TPSA) is 90.7 Å². The van der Waals surface area contributed by atoms with E-state index in [0.717, 1.165) is 22.4 Å². The maximum atomic E-state index is 12.8. The van der Waals surface area contributed by atoms with Gasteiger partial charge >= 0.3 is 0 Å². The smallest absolute Gasteiger partial charge is 0.271 e. The predicted molar refractivity (Wildman–Crippen MR) is 119 cm³/mol. The number of rotatable bonds is 8. The molecule has 7 nitrogen and oxygen atoms in total. The maximum Gasteiger partial charge on any atom is 0.271 e. The van der Waals surface area contributed by atoms with Crippen LogP contribution in [0, 0.1) is 24.0 Å². The number of hydrogen-bond donors (Lipinski definition) is 1. The second-order valence-electron chi connectivity index (χ2n) is 7.07. The number of anilines is 1. The summed E-state index contributed by atoms with van der Waals surface area (Å²) in [6, 6.07) is 17.2. The van der Waals surface area contributed by atoms with Crippen LogP contribution in [0.25, 0.3) is 0 Å². The van der Waals surface area contributed by atoms with Crippen molar-refractivity contribution in [3.63, 3.8) is 0 Å². The number of nitro groups is 1. The van der Waals surface area contributed by atoms with E-state index >= 15 is 0 Å². The molecule has 1 N–H and O–H groups in total. The minimum atomic E-state index is -0.493. The lowest BCUT2D eigenvalue weighted by atomic mass is 10.1. The van der Waals surface area contributed by atoms with Crippen molar-refractivity contribution in [1.82, 2.24) is 0 Å². The first-order chi connectivity index (χ1) is 14.9. The van der Waals surface area contributed by atoms with E-state index in [9.17, 15) is 14.9 Å². The number of carbonyl (C=O) groups is 1. The number of hydrogen-bond acceptors (Lipinski definition) is 5. The normalized spacial score (nSPS) is 10.4. The van der Waals surface area contributed by atoms with Gasteiger partial charge in [-0.1, -0.05) is 18.2 Å². The standard InChI is InChI=1S/C24H24N2O5/c1-4-30-23-11-9-18(13-19(23)15-31-21-7-5-6-16(2)12-21)24(27)25-22-14-20(26(28)29)10-8-17(22)3/h5-14H,4,15H2,1-3H3,(H,25,27). The van der Waals surface area contributed by atoms with Gasteiger partial charge in [-0.15, -0.1) is 0 Å². The molecule has 7 heteroatoms. The summed E-state index contributed by atoms with van der Waals surface area (Å²) < 4.78 is 11.6. The Balaban J connectivity index is 1.82. The zero-order valence-corrected chi connectivity index (χ0v) is 17.7. The Morgan fingerprint density at radius 3 is 2.55 bits per heavy atom. The first-order valence-electron chi connectivity index (χ1n) is 9.89. The highest BCUT2D eigenvalue weighted by molar-refractivity contribution is 6.05. The van der Waals surface area contributed by atoms with Gasteiger partial charge in [0.2, 0.25) is 0 Å². The van der Waals surface area contributed by atoms with Crippen LogP contribution in [-0.2, 0) is 6.61 Å². The molecule has 160 valence electrons.